The van der Waals surface area contributed by atoms with Gasteiger partial charge in [0.05, 0.1) is 22.9 Å². The van der Waals surface area contributed by atoms with Crippen LogP contribution in [-0.4, -0.2) is 21.3 Å². The predicted molar refractivity (Wildman–Crippen MR) is 84.2 cm³/mol. The van der Waals surface area contributed by atoms with Crippen LogP contribution < -0.4 is 5.32 Å². The summed E-state index contributed by atoms with van der Waals surface area (Å²) in [5.74, 6) is 0. The Morgan fingerprint density at radius 1 is 1.30 bits per heavy atom. The topological polar surface area (TPSA) is 42.7 Å². The number of nitrogens with zero attached hydrogens (tertiary/aromatic N) is 3. The minimum absolute atomic E-state index is 0.215. The van der Waals surface area contributed by atoms with Crippen molar-refractivity contribution < 1.29 is 0 Å². The van der Waals surface area contributed by atoms with Gasteiger partial charge in [-0.05, 0) is 33.2 Å². The van der Waals surface area contributed by atoms with E-state index in [2.05, 4.69) is 49.3 Å². The maximum Gasteiger partial charge on any atom is 0.0900 e. The van der Waals surface area contributed by atoms with E-state index in [1.165, 1.54) is 10.4 Å². The van der Waals surface area contributed by atoms with Crippen LogP contribution in [0.15, 0.2) is 12.4 Å². The summed E-state index contributed by atoms with van der Waals surface area (Å²) >= 11 is 1.78. The molecule has 1 N–H and O–H groups in total. The largest absolute Gasteiger partial charge is 0.305 e. The minimum Gasteiger partial charge on any atom is -0.305 e. The zero-order valence-electron chi connectivity index (χ0n) is 12.8. The van der Waals surface area contributed by atoms with E-state index in [1.807, 2.05) is 10.9 Å². The first-order valence-electron chi connectivity index (χ1n) is 7.35. The van der Waals surface area contributed by atoms with E-state index in [-0.39, 0.29) is 6.04 Å². The Bertz CT molecular complexity index is 544. The first-order chi connectivity index (χ1) is 9.65. The van der Waals surface area contributed by atoms with Gasteiger partial charge >= 0.3 is 0 Å². The second-order valence-corrected chi connectivity index (χ2v) is 6.34. The molecule has 0 aliphatic heterocycles. The maximum atomic E-state index is 4.56. The lowest BCUT2D eigenvalue weighted by Crippen LogP contribution is -2.22. The zero-order chi connectivity index (χ0) is 14.5. The van der Waals surface area contributed by atoms with Gasteiger partial charge in [-0.3, -0.25) is 4.68 Å². The normalized spacial score (nSPS) is 12.8. The quantitative estimate of drug-likeness (QED) is 0.850. The molecule has 1 unspecified atom stereocenters. The van der Waals surface area contributed by atoms with Gasteiger partial charge in [0, 0.05) is 23.2 Å². The number of aromatic nitrogens is 3. The van der Waals surface area contributed by atoms with Crippen LogP contribution in [0, 0.1) is 13.8 Å². The molecule has 0 spiro atoms. The number of hydrogen-bond acceptors (Lipinski definition) is 4. The van der Waals surface area contributed by atoms with Crippen molar-refractivity contribution in [2.45, 2.75) is 53.1 Å². The molecular weight excluding hydrogens is 268 g/mol. The van der Waals surface area contributed by atoms with Gasteiger partial charge in [-0.2, -0.15) is 5.10 Å². The molecule has 20 heavy (non-hydrogen) atoms. The smallest absolute Gasteiger partial charge is 0.0900 e. The Kier molecular flexibility index (Phi) is 5.31. The third-order valence-corrected chi connectivity index (χ3v) is 4.38. The van der Waals surface area contributed by atoms with Crippen LogP contribution in [0.5, 0.6) is 0 Å². The van der Waals surface area contributed by atoms with Crippen molar-refractivity contribution in [3.05, 3.63) is 33.5 Å². The molecule has 2 aromatic rings. The highest BCUT2D eigenvalue weighted by molar-refractivity contribution is 7.11. The van der Waals surface area contributed by atoms with Crippen LogP contribution in [0.1, 0.15) is 53.9 Å². The number of rotatable bonds is 7. The number of hydrogen-bond donors (Lipinski definition) is 1. The Hall–Kier alpha value is -1.20. The fourth-order valence-corrected chi connectivity index (χ4v) is 3.38. The summed E-state index contributed by atoms with van der Waals surface area (Å²) in [5, 5.41) is 9.21. The Morgan fingerprint density at radius 3 is 2.70 bits per heavy atom. The third-order valence-electron chi connectivity index (χ3n) is 3.24. The van der Waals surface area contributed by atoms with Gasteiger partial charge in [-0.1, -0.05) is 13.8 Å². The van der Waals surface area contributed by atoms with E-state index < -0.39 is 0 Å². The molecule has 0 aliphatic rings. The van der Waals surface area contributed by atoms with Crippen molar-refractivity contribution in [1.82, 2.24) is 20.1 Å². The highest BCUT2D eigenvalue weighted by Crippen LogP contribution is 2.29. The molecule has 2 heterocycles. The van der Waals surface area contributed by atoms with Crippen molar-refractivity contribution in [2.75, 3.05) is 6.54 Å². The SMILES string of the molecule is CCCNC(c1cnn(CCC)c1)c1sc(C)nc1C. The Morgan fingerprint density at radius 2 is 2.10 bits per heavy atom. The van der Waals surface area contributed by atoms with E-state index in [0.29, 0.717) is 0 Å². The van der Waals surface area contributed by atoms with Gasteiger partial charge < -0.3 is 5.32 Å². The van der Waals surface area contributed by atoms with E-state index in [9.17, 15) is 0 Å². The molecule has 0 amide bonds. The molecule has 110 valence electrons. The number of nitrogens with one attached hydrogen (secondary N) is 1. The van der Waals surface area contributed by atoms with Crippen LogP contribution in [0.2, 0.25) is 0 Å². The Balaban J connectivity index is 2.28. The van der Waals surface area contributed by atoms with Crippen molar-refractivity contribution in [3.63, 3.8) is 0 Å². The summed E-state index contributed by atoms with van der Waals surface area (Å²) in [4.78, 5) is 5.87. The molecule has 0 bridgehead atoms. The standard InChI is InChI=1S/C15H24N4S/c1-5-7-16-14(15-11(3)18-12(4)20-15)13-9-17-19(10-13)8-6-2/h9-10,14,16H,5-8H2,1-4H3. The molecule has 0 saturated heterocycles. The molecule has 0 aromatic carbocycles. The van der Waals surface area contributed by atoms with Gasteiger partial charge in [0.2, 0.25) is 0 Å². The minimum atomic E-state index is 0.215. The maximum absolute atomic E-state index is 4.56. The summed E-state index contributed by atoms with van der Waals surface area (Å²) in [7, 11) is 0. The third kappa shape index (κ3) is 3.46. The van der Waals surface area contributed by atoms with Crippen LogP contribution in [0.25, 0.3) is 0 Å². The molecule has 4 nitrogen and oxygen atoms in total. The first-order valence-corrected chi connectivity index (χ1v) is 8.17. The zero-order valence-corrected chi connectivity index (χ0v) is 13.6. The average Bonchev–Trinajstić information content (AvgIpc) is 2.98. The Labute approximate surface area is 125 Å². The van der Waals surface area contributed by atoms with E-state index in [0.717, 1.165) is 36.6 Å². The number of thiazole rings is 1. The monoisotopic (exact) mass is 292 g/mol. The lowest BCUT2D eigenvalue weighted by molar-refractivity contribution is 0.590. The number of aryl methyl sites for hydroxylation is 3. The van der Waals surface area contributed by atoms with Gasteiger partial charge in [0.15, 0.2) is 0 Å². The molecule has 2 aromatic heterocycles. The molecule has 2 rings (SSSR count). The van der Waals surface area contributed by atoms with Crippen LogP contribution in [0.4, 0.5) is 0 Å². The molecule has 1 atom stereocenters. The summed E-state index contributed by atoms with van der Waals surface area (Å²) < 4.78 is 2.03. The van der Waals surface area contributed by atoms with Gasteiger partial charge in [0.25, 0.3) is 0 Å². The van der Waals surface area contributed by atoms with Crippen LogP contribution >= 0.6 is 11.3 Å². The lowest BCUT2D eigenvalue weighted by atomic mass is 10.1. The van der Waals surface area contributed by atoms with Crippen molar-refractivity contribution in [3.8, 4) is 0 Å². The molecule has 0 saturated carbocycles. The van der Waals surface area contributed by atoms with Crippen LogP contribution in [0.3, 0.4) is 0 Å². The average molecular weight is 292 g/mol. The fraction of sp³-hybridized carbons (Fsp3) is 0.600. The molecular formula is C15H24N4S. The first kappa shape index (κ1) is 15.2. The second kappa shape index (κ2) is 6.99. The van der Waals surface area contributed by atoms with Crippen molar-refractivity contribution in [1.29, 1.82) is 0 Å². The van der Waals surface area contributed by atoms with Gasteiger partial charge in [0.1, 0.15) is 0 Å². The predicted octanol–water partition coefficient (Wildman–Crippen LogP) is 3.46. The summed E-state index contributed by atoms with van der Waals surface area (Å²) in [5.41, 5.74) is 2.36. The van der Waals surface area contributed by atoms with Gasteiger partial charge in [-0.25, -0.2) is 4.98 Å². The van der Waals surface area contributed by atoms with E-state index in [1.54, 1.807) is 11.3 Å². The highest BCUT2D eigenvalue weighted by Gasteiger charge is 2.20. The highest BCUT2D eigenvalue weighted by atomic mass is 32.1. The summed E-state index contributed by atoms with van der Waals surface area (Å²) in [6, 6.07) is 0.215. The molecule has 0 radical (unpaired) electrons. The van der Waals surface area contributed by atoms with Crippen molar-refractivity contribution >= 4 is 11.3 Å². The van der Waals surface area contributed by atoms with Gasteiger partial charge in [-0.15, -0.1) is 11.3 Å². The molecule has 0 aliphatic carbocycles. The summed E-state index contributed by atoms with van der Waals surface area (Å²) in [6.07, 6.45) is 6.37. The second-order valence-electron chi connectivity index (χ2n) is 5.11. The molecule has 5 heteroatoms. The lowest BCUT2D eigenvalue weighted by Gasteiger charge is -2.16. The van der Waals surface area contributed by atoms with Crippen molar-refractivity contribution in [2.24, 2.45) is 0 Å². The summed E-state index contributed by atoms with van der Waals surface area (Å²) in [6.45, 7) is 10.5. The fourth-order valence-electron chi connectivity index (χ4n) is 2.35. The van der Waals surface area contributed by atoms with E-state index in [4.69, 9.17) is 0 Å². The van der Waals surface area contributed by atoms with Crippen LogP contribution in [-0.2, 0) is 6.54 Å². The van der Waals surface area contributed by atoms with E-state index >= 15 is 0 Å². The molecule has 0 fully saturated rings.